The van der Waals surface area contributed by atoms with Gasteiger partial charge in [0.05, 0.1) is 20.0 Å². The Bertz CT molecular complexity index is 1330. The van der Waals surface area contributed by atoms with Crippen LogP contribution in [0.5, 0.6) is 11.6 Å². The summed E-state index contributed by atoms with van der Waals surface area (Å²) in [6, 6.07) is 6.59. The van der Waals surface area contributed by atoms with Crippen LogP contribution in [0.25, 0.3) is 11.2 Å². The van der Waals surface area contributed by atoms with Crippen molar-refractivity contribution in [3.63, 3.8) is 0 Å². The minimum absolute atomic E-state index is 0.0675. The van der Waals surface area contributed by atoms with Gasteiger partial charge in [0.2, 0.25) is 11.8 Å². The summed E-state index contributed by atoms with van der Waals surface area (Å²) < 4.78 is 52.2. The molecule has 3 heterocycles. The summed E-state index contributed by atoms with van der Waals surface area (Å²) in [7, 11) is -2.97. The fourth-order valence-electron chi connectivity index (χ4n) is 3.75. The number of alkyl halides is 1. The molecule has 1 fully saturated rings. The largest absolute Gasteiger partial charge is 0.480 e. The first kappa shape index (κ1) is 26.7. The van der Waals surface area contributed by atoms with E-state index >= 15 is 4.39 Å². The standard InChI is InChI=1S/C21H26FN6O8P/c1-11(18(30)31)27-37(32,36-12-7-5-4-6-8-12)34-9-13-15(29)21(2,22)19(35-13)28-10-24-14-16(28)25-20(23)26-17(14)33-3/h4-8,10-11,13,15,19,29H,9H2,1-3H3,(H,27,32)(H,30,31)(H2,23,25,26)/t11-,13+,15+,19+,21+,37?/m0/s1. The normalized spacial score (nSPS) is 26.0. The van der Waals surface area contributed by atoms with Gasteiger partial charge in [-0.15, -0.1) is 0 Å². The number of anilines is 1. The Hall–Kier alpha value is -3.36. The second-order valence-electron chi connectivity index (χ2n) is 8.42. The number of fused-ring (bicyclic) bond motifs is 1. The highest BCUT2D eigenvalue weighted by molar-refractivity contribution is 7.52. The van der Waals surface area contributed by atoms with Crippen LogP contribution in [0.1, 0.15) is 20.1 Å². The lowest BCUT2D eigenvalue weighted by molar-refractivity contribution is -0.138. The lowest BCUT2D eigenvalue weighted by Crippen LogP contribution is -2.41. The minimum Gasteiger partial charge on any atom is -0.480 e. The number of aliphatic carboxylic acids is 1. The van der Waals surface area contributed by atoms with E-state index in [2.05, 4.69) is 20.0 Å². The fourth-order valence-corrected chi connectivity index (χ4v) is 5.25. The molecule has 1 aliphatic heterocycles. The highest BCUT2D eigenvalue weighted by Crippen LogP contribution is 2.48. The van der Waals surface area contributed by atoms with E-state index < -0.39 is 50.5 Å². The maximum atomic E-state index is 15.8. The number of benzene rings is 1. The van der Waals surface area contributed by atoms with Gasteiger partial charge in [-0.05, 0) is 26.0 Å². The molecule has 1 aliphatic rings. The predicted molar refractivity (Wildman–Crippen MR) is 127 cm³/mol. The molecule has 0 bridgehead atoms. The second kappa shape index (κ2) is 10.2. The van der Waals surface area contributed by atoms with E-state index in [-0.39, 0.29) is 28.7 Å². The van der Waals surface area contributed by atoms with Crippen LogP contribution in [0.2, 0.25) is 0 Å². The molecule has 2 aromatic heterocycles. The molecule has 3 aromatic rings. The van der Waals surface area contributed by atoms with Crippen molar-refractivity contribution in [2.24, 2.45) is 0 Å². The van der Waals surface area contributed by atoms with E-state index in [4.69, 9.17) is 24.3 Å². The van der Waals surface area contributed by atoms with Gasteiger partial charge in [-0.3, -0.25) is 13.9 Å². The molecule has 6 atom stereocenters. The molecular formula is C21H26FN6O8P. The highest BCUT2D eigenvalue weighted by Gasteiger charge is 2.56. The molecule has 0 radical (unpaired) electrons. The monoisotopic (exact) mass is 540 g/mol. The Morgan fingerprint density at radius 2 is 2.08 bits per heavy atom. The van der Waals surface area contributed by atoms with Crippen LogP contribution in [-0.4, -0.2) is 73.3 Å². The number of aliphatic hydroxyl groups excluding tert-OH is 1. The molecule has 1 unspecified atom stereocenters. The molecule has 0 amide bonds. The zero-order valence-electron chi connectivity index (χ0n) is 20.0. The van der Waals surface area contributed by atoms with Gasteiger partial charge >= 0.3 is 13.7 Å². The van der Waals surface area contributed by atoms with Crippen molar-refractivity contribution in [2.45, 2.75) is 44.0 Å². The lowest BCUT2D eigenvalue weighted by Gasteiger charge is -2.25. The molecule has 0 saturated carbocycles. The summed E-state index contributed by atoms with van der Waals surface area (Å²) in [5.74, 6) is -1.26. The van der Waals surface area contributed by atoms with Gasteiger partial charge in [-0.25, -0.2) is 13.9 Å². The number of para-hydroxylation sites is 1. The van der Waals surface area contributed by atoms with Crippen LogP contribution in [0.4, 0.5) is 10.3 Å². The summed E-state index contributed by atoms with van der Waals surface area (Å²) >= 11 is 0. The van der Waals surface area contributed by atoms with Crippen molar-refractivity contribution in [1.29, 1.82) is 0 Å². The van der Waals surface area contributed by atoms with Gasteiger partial charge in [0, 0.05) is 0 Å². The Morgan fingerprint density at radius 1 is 1.38 bits per heavy atom. The second-order valence-corrected chi connectivity index (χ2v) is 10.1. The molecule has 16 heteroatoms. The van der Waals surface area contributed by atoms with Crippen LogP contribution in [-0.2, 0) is 18.6 Å². The molecule has 4 rings (SSSR count). The van der Waals surface area contributed by atoms with Crippen LogP contribution in [0.3, 0.4) is 0 Å². The van der Waals surface area contributed by atoms with E-state index in [0.29, 0.717) is 0 Å². The van der Waals surface area contributed by atoms with Crippen molar-refractivity contribution in [3.05, 3.63) is 36.7 Å². The number of hydrogen-bond donors (Lipinski definition) is 4. The third kappa shape index (κ3) is 5.36. The number of aliphatic hydroxyl groups is 1. The summed E-state index contributed by atoms with van der Waals surface area (Å²) in [5, 5.41) is 22.3. The van der Waals surface area contributed by atoms with Crippen molar-refractivity contribution in [3.8, 4) is 11.6 Å². The molecule has 14 nitrogen and oxygen atoms in total. The van der Waals surface area contributed by atoms with Crippen LogP contribution in [0, 0.1) is 0 Å². The molecule has 5 N–H and O–H groups in total. The van der Waals surface area contributed by atoms with Crippen LogP contribution in [0.15, 0.2) is 36.7 Å². The zero-order chi connectivity index (χ0) is 27.0. The maximum absolute atomic E-state index is 15.8. The molecule has 1 aromatic carbocycles. The van der Waals surface area contributed by atoms with Crippen molar-refractivity contribution < 1.29 is 42.5 Å². The van der Waals surface area contributed by atoms with Gasteiger partial charge < -0.3 is 29.9 Å². The topological polar surface area (TPSA) is 193 Å². The molecule has 37 heavy (non-hydrogen) atoms. The summed E-state index contributed by atoms with van der Waals surface area (Å²) in [6.07, 6.45) is -3.30. The molecule has 0 spiro atoms. The number of carboxylic acids is 1. The van der Waals surface area contributed by atoms with E-state index in [1.165, 1.54) is 37.1 Å². The quantitative estimate of drug-likeness (QED) is 0.272. The van der Waals surface area contributed by atoms with Gasteiger partial charge in [0.1, 0.15) is 24.0 Å². The SMILES string of the molecule is COc1nc(N)nc2c1ncn2[C@@H]1O[C@H](COP(=O)(N[C@@H](C)C(=O)O)Oc2ccccc2)[C@@H](O)[C@@]1(C)F. The molecule has 200 valence electrons. The number of hydrogen-bond acceptors (Lipinski definition) is 11. The Labute approximate surface area is 210 Å². The first-order chi connectivity index (χ1) is 17.4. The van der Waals surface area contributed by atoms with Crippen molar-refractivity contribution in [2.75, 3.05) is 19.5 Å². The molecule has 1 saturated heterocycles. The lowest BCUT2D eigenvalue weighted by atomic mass is 9.98. The zero-order valence-corrected chi connectivity index (χ0v) is 20.9. The number of rotatable bonds is 10. The first-order valence-electron chi connectivity index (χ1n) is 11.0. The van der Waals surface area contributed by atoms with E-state index in [1.54, 1.807) is 18.2 Å². The van der Waals surface area contributed by atoms with E-state index in [0.717, 1.165) is 6.92 Å². The number of nitrogen functional groups attached to an aromatic ring is 1. The summed E-state index contributed by atoms with van der Waals surface area (Å²) in [5.41, 5.74) is 3.63. The van der Waals surface area contributed by atoms with Crippen molar-refractivity contribution in [1.82, 2.24) is 24.6 Å². The maximum Gasteiger partial charge on any atom is 0.459 e. The number of carbonyl (C=O) groups is 1. The number of halogens is 1. The van der Waals surface area contributed by atoms with Gasteiger partial charge in [-0.2, -0.15) is 15.1 Å². The van der Waals surface area contributed by atoms with Gasteiger partial charge in [0.25, 0.3) is 0 Å². The fraction of sp³-hybridized carbons (Fsp3) is 0.429. The number of aromatic nitrogens is 4. The number of carboxylic acid groups (broad SMARTS) is 1. The summed E-state index contributed by atoms with van der Waals surface area (Å²) in [6.45, 7) is 1.74. The Kier molecular flexibility index (Phi) is 7.35. The van der Waals surface area contributed by atoms with Gasteiger partial charge in [0.15, 0.2) is 23.1 Å². The average molecular weight is 540 g/mol. The van der Waals surface area contributed by atoms with E-state index in [1.807, 2.05) is 0 Å². The van der Waals surface area contributed by atoms with Crippen LogP contribution >= 0.6 is 7.75 Å². The first-order valence-corrected chi connectivity index (χ1v) is 12.6. The minimum atomic E-state index is -4.33. The average Bonchev–Trinajstić information content (AvgIpc) is 3.35. The number of nitrogens with zero attached hydrogens (tertiary/aromatic N) is 4. The Morgan fingerprint density at radius 3 is 2.73 bits per heavy atom. The third-order valence-electron chi connectivity index (χ3n) is 5.67. The number of ether oxygens (including phenoxy) is 2. The number of nitrogens with one attached hydrogen (secondary N) is 1. The summed E-state index contributed by atoms with van der Waals surface area (Å²) in [4.78, 5) is 23.5. The molecular weight excluding hydrogens is 514 g/mol. The number of imidazole rings is 1. The van der Waals surface area contributed by atoms with Crippen LogP contribution < -0.4 is 20.1 Å². The number of nitrogens with two attached hydrogens (primary N) is 1. The smallest absolute Gasteiger partial charge is 0.459 e. The highest BCUT2D eigenvalue weighted by atomic mass is 31.2. The van der Waals surface area contributed by atoms with E-state index in [9.17, 15) is 19.6 Å². The third-order valence-corrected chi connectivity index (χ3v) is 7.31. The van der Waals surface area contributed by atoms with Gasteiger partial charge in [-0.1, -0.05) is 18.2 Å². The predicted octanol–water partition coefficient (Wildman–Crippen LogP) is 1.67. The Balaban J connectivity index is 1.58. The van der Waals surface area contributed by atoms with Crippen molar-refractivity contribution >= 4 is 30.8 Å². The number of methoxy groups -OCH3 is 1. The molecule has 0 aliphatic carbocycles.